The Labute approximate surface area is 170 Å². The largest absolute Gasteiger partial charge is 0.374 e. The van der Waals surface area contributed by atoms with Gasteiger partial charge in [-0.2, -0.15) is 0 Å². The van der Waals surface area contributed by atoms with Gasteiger partial charge >= 0.3 is 0 Å². The number of hydrogen-bond donors (Lipinski definition) is 1. The van der Waals surface area contributed by atoms with Crippen LogP contribution in [0.15, 0.2) is 4.99 Å². The van der Waals surface area contributed by atoms with Gasteiger partial charge in [0.25, 0.3) is 0 Å². The van der Waals surface area contributed by atoms with Crippen LogP contribution in [0.2, 0.25) is 0 Å². The summed E-state index contributed by atoms with van der Waals surface area (Å²) in [7, 11) is 4.45. The van der Waals surface area contributed by atoms with Crippen LogP contribution in [0.3, 0.4) is 0 Å². The highest BCUT2D eigenvalue weighted by molar-refractivity contribution is 14.0. The average Bonchev–Trinajstić information content (AvgIpc) is 3.33. The van der Waals surface area contributed by atoms with Crippen LogP contribution >= 0.6 is 24.0 Å². The zero-order valence-electron chi connectivity index (χ0n) is 16.0. The Morgan fingerprint density at radius 1 is 1.16 bits per heavy atom. The molecule has 4 atom stereocenters. The Balaban J connectivity index is 0.00000182. The summed E-state index contributed by atoms with van der Waals surface area (Å²) in [5.41, 5.74) is 0.276. The second-order valence-electron chi connectivity index (χ2n) is 8.52. The van der Waals surface area contributed by atoms with Crippen molar-refractivity contribution in [3.8, 4) is 0 Å². The third-order valence-electron chi connectivity index (χ3n) is 7.09. The van der Waals surface area contributed by atoms with Crippen LogP contribution < -0.4 is 5.32 Å². The second kappa shape index (κ2) is 7.89. The first-order chi connectivity index (χ1) is 11.6. The Kier molecular flexibility index (Phi) is 6.21. The molecule has 5 nitrogen and oxygen atoms in total. The average molecular weight is 462 g/mol. The number of aliphatic imine (C=N–C) groups is 1. The van der Waals surface area contributed by atoms with Crippen molar-refractivity contribution in [2.75, 3.05) is 40.3 Å². The summed E-state index contributed by atoms with van der Waals surface area (Å²) < 4.78 is 6.12. The summed E-state index contributed by atoms with van der Waals surface area (Å²) in [6.45, 7) is 6.32. The predicted molar refractivity (Wildman–Crippen MR) is 113 cm³/mol. The third kappa shape index (κ3) is 3.55. The Morgan fingerprint density at radius 2 is 1.76 bits per heavy atom. The van der Waals surface area contributed by atoms with E-state index in [0.717, 1.165) is 44.0 Å². The summed E-state index contributed by atoms with van der Waals surface area (Å²) in [6.07, 6.45) is 8.86. The van der Waals surface area contributed by atoms with Crippen LogP contribution in [0.1, 0.15) is 45.4 Å². The summed E-state index contributed by atoms with van der Waals surface area (Å²) in [5.74, 6) is 2.61. The van der Waals surface area contributed by atoms with E-state index >= 15 is 0 Å². The maximum atomic E-state index is 6.12. The van der Waals surface area contributed by atoms with Gasteiger partial charge in [0, 0.05) is 37.0 Å². The molecule has 3 aliphatic heterocycles. The molecule has 1 saturated carbocycles. The van der Waals surface area contributed by atoms with Crippen molar-refractivity contribution in [1.82, 2.24) is 15.1 Å². The molecule has 0 amide bonds. The van der Waals surface area contributed by atoms with Gasteiger partial charge in [-0.05, 0) is 46.7 Å². The quantitative estimate of drug-likeness (QED) is 0.396. The number of fused-ring (bicyclic) bond motifs is 5. The van der Waals surface area contributed by atoms with Crippen LogP contribution in [-0.4, -0.2) is 73.8 Å². The fourth-order valence-corrected chi connectivity index (χ4v) is 5.56. The molecule has 144 valence electrons. The molecular weight excluding hydrogens is 427 g/mol. The van der Waals surface area contributed by atoms with Crippen molar-refractivity contribution >= 4 is 29.9 Å². The number of ether oxygens (including phenoxy) is 1. The van der Waals surface area contributed by atoms with E-state index in [1.807, 2.05) is 0 Å². The molecule has 2 bridgehead atoms. The number of nitrogens with one attached hydrogen (secondary N) is 1. The predicted octanol–water partition coefficient (Wildman–Crippen LogP) is 2.55. The van der Waals surface area contributed by atoms with Crippen molar-refractivity contribution in [1.29, 1.82) is 0 Å². The smallest absolute Gasteiger partial charge is 0.194 e. The minimum absolute atomic E-state index is 0. The van der Waals surface area contributed by atoms with Crippen molar-refractivity contribution < 1.29 is 4.74 Å². The molecule has 6 heteroatoms. The van der Waals surface area contributed by atoms with Crippen LogP contribution in [0.5, 0.6) is 0 Å². The first-order valence-electron chi connectivity index (χ1n) is 9.99. The van der Waals surface area contributed by atoms with Crippen molar-refractivity contribution in [2.45, 2.75) is 63.2 Å². The fourth-order valence-electron chi connectivity index (χ4n) is 5.56. The Hall–Kier alpha value is -0.0800. The van der Waals surface area contributed by atoms with E-state index in [2.05, 4.69) is 36.1 Å². The number of hydrogen-bond acceptors (Lipinski definition) is 3. The number of halogens is 1. The van der Waals surface area contributed by atoms with Crippen LogP contribution in [0, 0.1) is 11.8 Å². The molecule has 3 heterocycles. The Bertz CT molecular complexity index is 474. The number of likely N-dealkylation sites (tertiary alicyclic amines) is 1. The van der Waals surface area contributed by atoms with Gasteiger partial charge in [-0.1, -0.05) is 12.8 Å². The van der Waals surface area contributed by atoms with Crippen molar-refractivity contribution in [3.05, 3.63) is 0 Å². The topological polar surface area (TPSA) is 40.1 Å². The van der Waals surface area contributed by atoms with Gasteiger partial charge in [0.15, 0.2) is 5.96 Å². The van der Waals surface area contributed by atoms with Gasteiger partial charge in [-0.25, -0.2) is 0 Å². The number of likely N-dealkylation sites (N-methyl/N-ethyl adjacent to an activating group) is 1. The molecule has 0 aromatic rings. The highest BCUT2D eigenvalue weighted by atomic mass is 127. The monoisotopic (exact) mass is 462 g/mol. The summed E-state index contributed by atoms with van der Waals surface area (Å²) >= 11 is 0. The van der Waals surface area contributed by atoms with Gasteiger partial charge in [-0.15, -0.1) is 24.0 Å². The van der Waals surface area contributed by atoms with Gasteiger partial charge in [0.2, 0.25) is 0 Å². The van der Waals surface area contributed by atoms with Crippen molar-refractivity contribution in [2.24, 2.45) is 16.8 Å². The summed E-state index contributed by atoms with van der Waals surface area (Å²) in [4.78, 5) is 10.1. The molecule has 1 N–H and O–H groups in total. The molecule has 25 heavy (non-hydrogen) atoms. The van der Waals surface area contributed by atoms with E-state index in [4.69, 9.17) is 9.73 Å². The molecule has 3 saturated heterocycles. The highest BCUT2D eigenvalue weighted by Crippen LogP contribution is 2.47. The molecule has 0 spiro atoms. The second-order valence-corrected chi connectivity index (χ2v) is 8.52. The molecule has 0 aromatic carbocycles. The number of rotatable bonds is 4. The lowest BCUT2D eigenvalue weighted by Gasteiger charge is -2.35. The SMILES string of the molecule is CCNC(=NCC1(N(C)C)CCCC1)N1CC2C3CCC(O3)C2C1.I. The normalized spacial score (nSPS) is 36.0. The third-order valence-corrected chi connectivity index (χ3v) is 7.09. The first kappa shape index (κ1) is 19.7. The lowest BCUT2D eigenvalue weighted by Crippen LogP contribution is -2.47. The molecular formula is C19H35IN4O. The standard InChI is InChI=1S/C19H34N4O.HI/c1-4-20-18(21-13-19(22(2)3)9-5-6-10-19)23-11-14-15(12-23)17-8-7-16(14)24-17;/h14-17H,4-13H2,1-3H3,(H,20,21);1H. The fraction of sp³-hybridized carbons (Fsp3) is 0.947. The molecule has 0 aromatic heterocycles. The van der Waals surface area contributed by atoms with Crippen LogP contribution in [-0.2, 0) is 4.74 Å². The molecule has 0 radical (unpaired) electrons. The van der Waals surface area contributed by atoms with Gasteiger partial charge in [0.05, 0.1) is 18.8 Å². The van der Waals surface area contributed by atoms with Gasteiger partial charge in [0.1, 0.15) is 0 Å². The lowest BCUT2D eigenvalue weighted by molar-refractivity contribution is 0.0766. The minimum Gasteiger partial charge on any atom is -0.374 e. The first-order valence-corrected chi connectivity index (χ1v) is 9.99. The minimum atomic E-state index is 0. The van der Waals surface area contributed by atoms with E-state index in [-0.39, 0.29) is 29.5 Å². The number of nitrogens with zero attached hydrogens (tertiary/aromatic N) is 3. The summed E-state index contributed by atoms with van der Waals surface area (Å²) in [5, 5.41) is 3.56. The maximum absolute atomic E-state index is 6.12. The molecule has 4 unspecified atom stereocenters. The highest BCUT2D eigenvalue weighted by Gasteiger charge is 2.53. The lowest BCUT2D eigenvalue weighted by atomic mass is 9.82. The van der Waals surface area contributed by atoms with Crippen LogP contribution in [0.4, 0.5) is 0 Å². The molecule has 4 fully saturated rings. The maximum Gasteiger partial charge on any atom is 0.194 e. The van der Waals surface area contributed by atoms with E-state index in [1.54, 1.807) is 0 Å². The van der Waals surface area contributed by atoms with Gasteiger partial charge in [-0.3, -0.25) is 4.99 Å². The van der Waals surface area contributed by atoms with E-state index in [1.165, 1.54) is 38.5 Å². The number of guanidine groups is 1. The van der Waals surface area contributed by atoms with E-state index in [9.17, 15) is 0 Å². The molecule has 4 rings (SSSR count). The molecule has 1 aliphatic carbocycles. The van der Waals surface area contributed by atoms with Gasteiger partial charge < -0.3 is 19.9 Å². The van der Waals surface area contributed by atoms with E-state index in [0.29, 0.717) is 12.2 Å². The Morgan fingerprint density at radius 3 is 2.28 bits per heavy atom. The van der Waals surface area contributed by atoms with Crippen LogP contribution in [0.25, 0.3) is 0 Å². The zero-order chi connectivity index (χ0) is 16.7. The van der Waals surface area contributed by atoms with E-state index < -0.39 is 0 Å². The summed E-state index contributed by atoms with van der Waals surface area (Å²) in [6, 6.07) is 0. The van der Waals surface area contributed by atoms with Crippen molar-refractivity contribution in [3.63, 3.8) is 0 Å². The zero-order valence-corrected chi connectivity index (χ0v) is 18.4. The molecule has 4 aliphatic rings.